The highest BCUT2D eigenvalue weighted by Gasteiger charge is 2.11. The number of aromatic carboxylic acids is 4. The van der Waals surface area contributed by atoms with Crippen LogP contribution in [0.4, 0.5) is 11.4 Å². The highest BCUT2D eigenvalue weighted by molar-refractivity contribution is 7.78. The molecule has 144 valence electrons. The number of thiocarbonyl (C=S) groups is 1. The van der Waals surface area contributed by atoms with Crippen molar-refractivity contribution in [2.45, 2.75) is 0 Å². The lowest BCUT2D eigenvalue weighted by Crippen LogP contribution is -2.03. The Balaban J connectivity index is 0.000000283. The van der Waals surface area contributed by atoms with Crippen molar-refractivity contribution in [1.82, 2.24) is 0 Å². The zero-order valence-electron chi connectivity index (χ0n) is 13.8. The predicted octanol–water partition coefficient (Wildman–Crippen LogP) is 2.48. The molecule has 0 aliphatic rings. The fourth-order valence-corrected chi connectivity index (χ4v) is 1.98. The number of aliphatic imine (C=N–C) groups is 1. The lowest BCUT2D eigenvalue weighted by molar-refractivity contribution is 0.0676. The van der Waals surface area contributed by atoms with Gasteiger partial charge in [0.15, 0.2) is 0 Å². The van der Waals surface area contributed by atoms with Gasteiger partial charge >= 0.3 is 23.9 Å². The van der Waals surface area contributed by atoms with Gasteiger partial charge in [-0.1, -0.05) is 0 Å². The van der Waals surface area contributed by atoms with E-state index in [2.05, 4.69) is 17.2 Å². The maximum absolute atomic E-state index is 10.7. The summed E-state index contributed by atoms with van der Waals surface area (Å²) in [4.78, 5) is 45.8. The fourth-order valence-electron chi connectivity index (χ4n) is 1.87. The Morgan fingerprint density at radius 3 is 1.32 bits per heavy atom. The van der Waals surface area contributed by atoms with Crippen LogP contribution >= 0.6 is 12.2 Å². The van der Waals surface area contributed by atoms with Crippen LogP contribution < -0.4 is 5.73 Å². The number of nitrogens with two attached hydrogens (primary N) is 1. The third-order valence-corrected chi connectivity index (χ3v) is 3.13. The van der Waals surface area contributed by atoms with Crippen LogP contribution in [0.2, 0.25) is 0 Å². The molecule has 0 unspecified atom stereocenters. The quantitative estimate of drug-likeness (QED) is 0.281. The van der Waals surface area contributed by atoms with Crippen molar-refractivity contribution in [3.05, 3.63) is 58.7 Å². The lowest BCUT2D eigenvalue weighted by atomic mass is 10.1. The highest BCUT2D eigenvalue weighted by Crippen LogP contribution is 2.17. The van der Waals surface area contributed by atoms with Crippen molar-refractivity contribution in [2.75, 3.05) is 5.73 Å². The summed E-state index contributed by atoms with van der Waals surface area (Å²) in [5.41, 5.74) is 5.02. The predicted molar refractivity (Wildman–Crippen MR) is 99.8 cm³/mol. The smallest absolute Gasteiger partial charge is 0.335 e. The molecule has 10 nitrogen and oxygen atoms in total. The van der Waals surface area contributed by atoms with Gasteiger partial charge in [-0.05, 0) is 48.6 Å². The van der Waals surface area contributed by atoms with Gasteiger partial charge in [0.2, 0.25) is 0 Å². The number of carbonyl (C=O) groups is 4. The van der Waals surface area contributed by atoms with E-state index in [-0.39, 0.29) is 33.6 Å². The molecule has 0 bridgehead atoms. The maximum atomic E-state index is 10.7. The molecule has 0 aliphatic carbocycles. The van der Waals surface area contributed by atoms with E-state index >= 15 is 0 Å². The van der Waals surface area contributed by atoms with Gasteiger partial charge in [-0.25, -0.2) is 19.2 Å². The van der Waals surface area contributed by atoms with Crippen molar-refractivity contribution < 1.29 is 39.6 Å². The maximum Gasteiger partial charge on any atom is 0.335 e. The minimum absolute atomic E-state index is 0.123. The number of isothiocyanates is 1. The molecule has 0 saturated carbocycles. The Morgan fingerprint density at radius 2 is 1.04 bits per heavy atom. The number of rotatable bonds is 5. The van der Waals surface area contributed by atoms with Gasteiger partial charge in [-0.3, -0.25) is 0 Å². The zero-order chi connectivity index (χ0) is 21.4. The third-order valence-electron chi connectivity index (χ3n) is 3.04. The Hall–Kier alpha value is -4.08. The molecule has 0 atom stereocenters. The van der Waals surface area contributed by atoms with E-state index in [0.29, 0.717) is 0 Å². The molecular formula is C17H12N2O8S. The Kier molecular flexibility index (Phi) is 7.51. The second-order valence-electron chi connectivity index (χ2n) is 5.04. The van der Waals surface area contributed by atoms with Crippen molar-refractivity contribution in [3.63, 3.8) is 0 Å². The summed E-state index contributed by atoms with van der Waals surface area (Å²) in [5.74, 6) is -4.84. The first-order valence-electron chi connectivity index (χ1n) is 7.12. The molecular weight excluding hydrogens is 392 g/mol. The number of hydrogen-bond acceptors (Lipinski definition) is 7. The number of carboxylic acid groups (broad SMARTS) is 4. The minimum Gasteiger partial charge on any atom is -0.478 e. The van der Waals surface area contributed by atoms with E-state index in [1.165, 1.54) is 24.3 Å². The number of carboxylic acids is 4. The van der Waals surface area contributed by atoms with Gasteiger partial charge in [0, 0.05) is 5.69 Å². The van der Waals surface area contributed by atoms with Gasteiger partial charge in [-0.2, -0.15) is 4.99 Å². The standard InChI is InChI=1S/C9H5NO4S.C8H7NO4/c11-8(12)5-1-6(9(13)14)3-7(2-5)10-4-15;9-6-2-4(7(10)11)1-5(3-6)8(12)13/h1-3H,(H,11,12)(H,13,14);1-3H,9H2,(H,10,11)(H,12,13). The Morgan fingerprint density at radius 1 is 0.714 bits per heavy atom. The van der Waals surface area contributed by atoms with Gasteiger partial charge in [-0.15, -0.1) is 0 Å². The van der Waals surface area contributed by atoms with Crippen LogP contribution in [0, 0.1) is 0 Å². The molecule has 0 saturated heterocycles. The SMILES string of the molecule is Nc1cc(C(=O)O)cc(C(=O)O)c1.O=C(O)c1cc(N=C=S)cc(C(=O)O)c1. The molecule has 0 aliphatic heterocycles. The molecule has 2 rings (SSSR count). The van der Waals surface area contributed by atoms with E-state index in [1.54, 1.807) is 0 Å². The molecule has 0 spiro atoms. The van der Waals surface area contributed by atoms with E-state index in [1.807, 2.05) is 5.16 Å². The van der Waals surface area contributed by atoms with Crippen LogP contribution in [0.1, 0.15) is 41.4 Å². The summed E-state index contributed by atoms with van der Waals surface area (Å²) in [6.07, 6.45) is 0. The van der Waals surface area contributed by atoms with Crippen LogP contribution in [0.25, 0.3) is 0 Å². The van der Waals surface area contributed by atoms with E-state index in [4.69, 9.17) is 26.2 Å². The second kappa shape index (κ2) is 9.57. The molecule has 0 aromatic heterocycles. The van der Waals surface area contributed by atoms with Gasteiger partial charge in [0.1, 0.15) is 0 Å². The average Bonchev–Trinajstić information content (AvgIpc) is 2.61. The first-order chi connectivity index (χ1) is 13.0. The number of anilines is 1. The molecule has 6 N–H and O–H groups in total. The summed E-state index contributed by atoms with van der Waals surface area (Å²) in [6, 6.07) is 6.94. The summed E-state index contributed by atoms with van der Waals surface area (Å²) in [6.45, 7) is 0. The highest BCUT2D eigenvalue weighted by atomic mass is 32.1. The van der Waals surface area contributed by atoms with Crippen molar-refractivity contribution >= 4 is 52.6 Å². The topological polar surface area (TPSA) is 188 Å². The average molecular weight is 404 g/mol. The summed E-state index contributed by atoms with van der Waals surface area (Å²) >= 11 is 4.34. The Bertz CT molecular complexity index is 917. The third kappa shape index (κ3) is 6.33. The number of benzene rings is 2. The summed E-state index contributed by atoms with van der Waals surface area (Å²) in [5, 5.41) is 36.6. The molecule has 0 radical (unpaired) electrons. The van der Waals surface area contributed by atoms with E-state index in [0.717, 1.165) is 12.1 Å². The molecule has 0 amide bonds. The van der Waals surface area contributed by atoms with Gasteiger partial charge in [0.25, 0.3) is 0 Å². The van der Waals surface area contributed by atoms with Crippen LogP contribution in [0.15, 0.2) is 41.4 Å². The van der Waals surface area contributed by atoms with Crippen molar-refractivity contribution in [2.24, 2.45) is 4.99 Å². The molecule has 0 heterocycles. The lowest BCUT2D eigenvalue weighted by Gasteiger charge is -1.99. The largest absolute Gasteiger partial charge is 0.478 e. The molecule has 11 heteroatoms. The zero-order valence-corrected chi connectivity index (χ0v) is 14.6. The second-order valence-corrected chi connectivity index (χ2v) is 5.22. The first-order valence-corrected chi connectivity index (χ1v) is 7.52. The molecule has 2 aromatic carbocycles. The van der Waals surface area contributed by atoms with Crippen LogP contribution in [0.5, 0.6) is 0 Å². The van der Waals surface area contributed by atoms with Crippen molar-refractivity contribution in [1.29, 1.82) is 0 Å². The minimum atomic E-state index is -1.22. The van der Waals surface area contributed by atoms with E-state index < -0.39 is 23.9 Å². The van der Waals surface area contributed by atoms with Crippen LogP contribution in [-0.4, -0.2) is 49.5 Å². The number of nitrogen functional groups attached to an aromatic ring is 1. The number of nitrogens with zero attached hydrogens (tertiary/aromatic N) is 1. The normalized spacial score (nSPS) is 9.29. The van der Waals surface area contributed by atoms with Crippen LogP contribution in [-0.2, 0) is 0 Å². The van der Waals surface area contributed by atoms with Gasteiger partial charge < -0.3 is 26.2 Å². The van der Waals surface area contributed by atoms with Crippen LogP contribution in [0.3, 0.4) is 0 Å². The molecule has 28 heavy (non-hydrogen) atoms. The molecule has 2 aromatic rings. The summed E-state index contributed by atoms with van der Waals surface area (Å²) < 4.78 is 0. The summed E-state index contributed by atoms with van der Waals surface area (Å²) in [7, 11) is 0. The Labute approximate surface area is 162 Å². The first kappa shape index (κ1) is 22.0. The molecule has 0 fully saturated rings. The van der Waals surface area contributed by atoms with E-state index in [9.17, 15) is 19.2 Å². The fraction of sp³-hybridized carbons (Fsp3) is 0. The monoisotopic (exact) mass is 404 g/mol. The van der Waals surface area contributed by atoms with Gasteiger partial charge in [0.05, 0.1) is 33.1 Å². The van der Waals surface area contributed by atoms with Crippen molar-refractivity contribution in [3.8, 4) is 0 Å². The number of hydrogen-bond donors (Lipinski definition) is 5.